The van der Waals surface area contributed by atoms with Crippen molar-refractivity contribution in [2.75, 3.05) is 0 Å². The molecule has 0 radical (unpaired) electrons. The first-order chi connectivity index (χ1) is 56.8. The molecule has 0 aromatic rings. The van der Waals surface area contributed by atoms with Crippen molar-refractivity contribution in [3.8, 4) is 0 Å². The zero-order valence-corrected chi connectivity index (χ0v) is 73.8. The number of unbranched alkanes of at least 4 members (excludes halogenated alkanes) is 37. The lowest BCUT2D eigenvalue weighted by atomic mass is 9.83. The summed E-state index contributed by atoms with van der Waals surface area (Å²) in [7, 11) is 0. The molecule has 24 nitrogen and oxygen atoms in total. The third kappa shape index (κ3) is 86.2. The van der Waals surface area contributed by atoms with E-state index in [1.54, 1.807) is 12.2 Å². The second-order valence-electron chi connectivity index (χ2n) is 31.7. The Labute approximate surface area is 711 Å². The van der Waals surface area contributed by atoms with E-state index in [1.807, 2.05) is 18.2 Å². The van der Waals surface area contributed by atoms with Gasteiger partial charge in [-0.2, -0.15) is 0 Å². The summed E-state index contributed by atoms with van der Waals surface area (Å²) in [5.74, 6) is -6.36. The quantitative estimate of drug-likeness (QED) is 0.0143. The van der Waals surface area contributed by atoms with Gasteiger partial charge in [-0.3, -0.25) is 69.2 Å². The molecule has 6 N–H and O–H groups in total. The molecule has 0 saturated carbocycles. The van der Waals surface area contributed by atoms with Gasteiger partial charge in [-0.1, -0.05) is 343 Å². The number of nitrogens with zero attached hydrogens (tertiary/aromatic N) is 4. The van der Waals surface area contributed by atoms with Gasteiger partial charge < -0.3 is 30.6 Å². The summed E-state index contributed by atoms with van der Waals surface area (Å²) in [6, 6.07) is -1.43. The Hall–Kier alpha value is -7.66. The number of hydrogen-bond acceptors (Lipinski definition) is 14. The smallest absolute Gasteiger partial charge is 0.303 e. The second kappa shape index (κ2) is 88.6. The monoisotopic (exact) mass is 1670 g/mol. The van der Waals surface area contributed by atoms with Crippen molar-refractivity contribution in [2.45, 2.75) is 462 Å². The van der Waals surface area contributed by atoms with Crippen molar-refractivity contribution >= 4 is 35.8 Å². The molecule has 0 saturated heterocycles. The highest BCUT2D eigenvalue weighted by atomic mass is 16.6. The Balaban J connectivity index is -0.000000737. The van der Waals surface area contributed by atoms with Crippen LogP contribution in [0.5, 0.6) is 0 Å². The SMILES string of the molecule is CCCCC/C=C\C/C=C\C/C=C\C/C=C\CC(CCC(=O)O)(CCC(=O)O)[N+](=O)[O-].CCCCC/C=C\C/C=C\C/C=C\C/C=C\CCCC(CCC(=O)O)[N+](=O)[O-].CCCCCCCCCCCCCCCCCC(CCC(=O)O)[N+](=O)[O-].CCCCCCCCCCCCCCCCCCCC(CCC(=O)O)(CCC(=O)O)[N+](=O)[O-]. The molecule has 2 atom stereocenters. The molecule has 680 valence electrons. The summed E-state index contributed by atoms with van der Waals surface area (Å²) in [6.07, 6.45) is 89.3. The molecule has 0 spiro atoms. The molecule has 0 amide bonds. The van der Waals surface area contributed by atoms with E-state index in [0.717, 1.165) is 83.5 Å². The fourth-order valence-corrected chi connectivity index (χ4v) is 13.6. The van der Waals surface area contributed by atoms with E-state index in [4.69, 9.17) is 30.6 Å². The fourth-order valence-electron chi connectivity index (χ4n) is 13.6. The Morgan fingerprint density at radius 2 is 0.458 bits per heavy atom. The van der Waals surface area contributed by atoms with Crippen LogP contribution in [0.1, 0.15) is 439 Å². The van der Waals surface area contributed by atoms with Crippen LogP contribution in [0.4, 0.5) is 0 Å². The summed E-state index contributed by atoms with van der Waals surface area (Å²) in [4.78, 5) is 108. The first-order valence-corrected chi connectivity index (χ1v) is 45.9. The van der Waals surface area contributed by atoms with Crippen LogP contribution in [0, 0.1) is 40.5 Å². The molecule has 2 unspecified atom stereocenters. The third-order valence-electron chi connectivity index (χ3n) is 21.2. The van der Waals surface area contributed by atoms with E-state index in [2.05, 4.69) is 94.5 Å². The number of carbonyl (C=O) groups is 6. The van der Waals surface area contributed by atoms with Gasteiger partial charge in [0.1, 0.15) is 0 Å². The van der Waals surface area contributed by atoms with Crippen molar-refractivity contribution in [3.63, 3.8) is 0 Å². The highest BCUT2D eigenvalue weighted by Gasteiger charge is 2.43. The van der Waals surface area contributed by atoms with Crippen LogP contribution in [0.3, 0.4) is 0 Å². The maximum absolute atomic E-state index is 11.7. The highest BCUT2D eigenvalue weighted by Crippen LogP contribution is 2.32. The minimum Gasteiger partial charge on any atom is -0.481 e. The lowest BCUT2D eigenvalue weighted by molar-refractivity contribution is -0.574. The van der Waals surface area contributed by atoms with E-state index in [-0.39, 0.29) is 99.7 Å². The summed E-state index contributed by atoms with van der Waals surface area (Å²) < 4.78 is 0. The largest absolute Gasteiger partial charge is 0.481 e. The molecule has 0 aromatic heterocycles. The lowest BCUT2D eigenvalue weighted by Crippen LogP contribution is -2.39. The van der Waals surface area contributed by atoms with Gasteiger partial charge in [0.05, 0.1) is 38.5 Å². The molecule has 0 heterocycles. The van der Waals surface area contributed by atoms with Gasteiger partial charge in [0.25, 0.3) is 0 Å². The van der Waals surface area contributed by atoms with E-state index >= 15 is 0 Å². The van der Waals surface area contributed by atoms with E-state index in [0.29, 0.717) is 32.1 Å². The molecule has 0 rings (SSSR count). The first-order valence-electron chi connectivity index (χ1n) is 45.9. The van der Waals surface area contributed by atoms with E-state index in [1.165, 1.54) is 205 Å². The van der Waals surface area contributed by atoms with Gasteiger partial charge in [-0.25, -0.2) is 0 Å². The number of hydrogen-bond donors (Lipinski definition) is 6. The van der Waals surface area contributed by atoms with Crippen LogP contribution in [-0.4, -0.2) is 109 Å². The Morgan fingerprint density at radius 3 is 0.712 bits per heavy atom. The van der Waals surface area contributed by atoms with Crippen molar-refractivity contribution in [1.82, 2.24) is 0 Å². The van der Waals surface area contributed by atoms with Crippen molar-refractivity contribution in [2.24, 2.45) is 0 Å². The zero-order chi connectivity index (χ0) is 88.5. The predicted molar refractivity (Wildman–Crippen MR) is 478 cm³/mol. The number of rotatable bonds is 82. The number of carboxylic acid groups (broad SMARTS) is 6. The molecule has 118 heavy (non-hydrogen) atoms. The van der Waals surface area contributed by atoms with Gasteiger partial charge in [0.2, 0.25) is 23.2 Å². The number of allylic oxidation sites excluding steroid dienone is 15. The molecule has 0 aromatic carbocycles. The molecule has 24 heteroatoms. The minimum atomic E-state index is -1.57. The van der Waals surface area contributed by atoms with Gasteiger partial charge in [-0.15, -0.1) is 0 Å². The molecule has 0 aliphatic carbocycles. The third-order valence-corrected chi connectivity index (χ3v) is 21.2. The maximum Gasteiger partial charge on any atom is 0.303 e. The molecule has 0 aliphatic heterocycles. The van der Waals surface area contributed by atoms with Crippen LogP contribution >= 0.6 is 0 Å². The van der Waals surface area contributed by atoms with Crippen LogP contribution in [0.2, 0.25) is 0 Å². The Bertz CT molecular complexity index is 2720. The number of aliphatic carboxylic acids is 6. The predicted octanol–water partition coefficient (Wildman–Crippen LogP) is 27.3. The second-order valence-corrected chi connectivity index (χ2v) is 31.7. The summed E-state index contributed by atoms with van der Waals surface area (Å²) in [6.45, 7) is 8.92. The summed E-state index contributed by atoms with van der Waals surface area (Å²) >= 11 is 0. The number of nitro groups is 4. The van der Waals surface area contributed by atoms with Gasteiger partial charge in [0.15, 0.2) is 0 Å². The van der Waals surface area contributed by atoms with Crippen molar-refractivity contribution < 1.29 is 79.1 Å². The Kier molecular flexibility index (Phi) is 87.6. The van der Waals surface area contributed by atoms with Crippen LogP contribution in [-0.2, 0) is 28.8 Å². The standard InChI is InChI=1S/C26H49NO6.C24H37NO6.C23H37NO4.C21H41NO4/c1-2-3-4-5-6-7-8-9-10-11-12-13-14-15-16-17-18-21-26(27(32)33,22-19-24(28)29)23-20-25(30)31;1-2-3-4-5-6-7-8-9-10-11-12-13-14-15-16-19-24(25(30)31,20-17-22(26)27)21-18-23(28)29;1-2-3-4-5-6-7-8-9-10-11-12-13-14-15-16-17-18-19-22(24(27)28)20-21-23(25)26;1-2-3-4-5-6-7-8-9-10-11-12-13-14-15-16-17-20(22(25)26)18-19-21(23)24/h2-23H2,1H3,(H,28,29)(H,30,31);6-7,9-10,12-13,15-16H,2-5,8,11,14,17-21H2,1H3,(H,26,27)(H,28,29);6-7,9-10,12-13,15-16,22H,2-5,8,11,14,17-21H2,1H3,(H,25,26);20H,2-19H2,1H3,(H,23,24)/b;2*7-6-,10-9-,13-12-,16-15-;. The van der Waals surface area contributed by atoms with Crippen LogP contribution in [0.15, 0.2) is 97.2 Å². The van der Waals surface area contributed by atoms with Gasteiger partial charge in [0, 0.05) is 83.9 Å². The molecule has 0 aliphatic rings. The summed E-state index contributed by atoms with van der Waals surface area (Å²) in [5, 5.41) is 97.9. The fraction of sp³-hybridized carbons (Fsp3) is 0.766. The molecular weight excluding hydrogens is 1510 g/mol. The molecule has 0 fully saturated rings. The summed E-state index contributed by atoms with van der Waals surface area (Å²) in [5.41, 5.74) is -3.00. The van der Waals surface area contributed by atoms with E-state index < -0.39 is 68.8 Å². The first kappa shape index (κ1) is 117. The highest BCUT2D eigenvalue weighted by molar-refractivity contribution is 5.68. The van der Waals surface area contributed by atoms with Crippen molar-refractivity contribution in [3.05, 3.63) is 138 Å². The normalized spacial score (nSPS) is 12.4. The topological polar surface area (TPSA) is 396 Å². The van der Waals surface area contributed by atoms with Gasteiger partial charge in [-0.05, 0) is 89.9 Å². The number of carboxylic acids is 6. The maximum atomic E-state index is 11.7. The lowest BCUT2D eigenvalue weighted by Gasteiger charge is -2.24. The van der Waals surface area contributed by atoms with Gasteiger partial charge >= 0.3 is 35.8 Å². The average Bonchev–Trinajstić information content (AvgIpc) is 0.848. The van der Waals surface area contributed by atoms with Crippen LogP contribution in [0.25, 0.3) is 0 Å². The Morgan fingerprint density at radius 1 is 0.246 bits per heavy atom. The van der Waals surface area contributed by atoms with E-state index in [9.17, 15) is 69.2 Å². The van der Waals surface area contributed by atoms with Crippen molar-refractivity contribution in [1.29, 1.82) is 0 Å². The minimum absolute atomic E-state index is 0.0128. The zero-order valence-electron chi connectivity index (χ0n) is 73.8. The molecule has 0 bridgehead atoms. The van der Waals surface area contributed by atoms with Crippen LogP contribution < -0.4 is 0 Å². The average molecular weight is 1670 g/mol. The molecular formula is C94H164N4O20.